The average molecular weight is 682 g/mol. The Balaban J connectivity index is 1.75. The van der Waals surface area contributed by atoms with E-state index < -0.39 is 72.0 Å². The van der Waals surface area contributed by atoms with Crippen molar-refractivity contribution >= 4 is 23.6 Å². The van der Waals surface area contributed by atoms with E-state index in [1.54, 1.807) is 10.8 Å². The van der Waals surface area contributed by atoms with E-state index in [-0.39, 0.29) is 43.7 Å². The van der Waals surface area contributed by atoms with Gasteiger partial charge in [0, 0.05) is 43.0 Å². The van der Waals surface area contributed by atoms with Gasteiger partial charge in [-0.15, -0.1) is 0 Å². The van der Waals surface area contributed by atoms with Gasteiger partial charge in [-0.25, -0.2) is 18.2 Å². The van der Waals surface area contributed by atoms with Crippen LogP contribution in [0.15, 0.2) is 66.9 Å². The largest absolute Gasteiger partial charge is 0.345 e. The molecule has 3 aromatic rings. The summed E-state index contributed by atoms with van der Waals surface area (Å²) in [7, 11) is 0. The molecule has 4 rings (SSSR count). The fraction of sp³-hybridized carbons (Fsp3) is 0.400. The standard InChI is InChI=1S/C35H42F3N7O4/c1-35(2,3)32(33-42-27(25-17-23(37)9-10-26(25)38)21-43(33)20-22-7-5-4-6-8-22)44(16-14-24(40)18-36)31(48)19-41-34(49)28(13-15-39)45-29(46)11-12-30(45)47/h4-12,17,21,24,28,32H,13-16,18-20,39-40H2,1-3H3,(H,41,49)/t24-,28+,32-/m0/s1. The molecule has 0 unspecified atom stereocenters. The minimum Gasteiger partial charge on any atom is -0.345 e. The second-order valence-electron chi connectivity index (χ2n) is 13.0. The highest BCUT2D eigenvalue weighted by Gasteiger charge is 2.40. The predicted molar refractivity (Wildman–Crippen MR) is 177 cm³/mol. The monoisotopic (exact) mass is 681 g/mol. The third-order valence-corrected chi connectivity index (χ3v) is 8.16. The number of nitrogens with one attached hydrogen (secondary N) is 1. The fourth-order valence-corrected chi connectivity index (χ4v) is 5.79. The Morgan fingerprint density at radius 2 is 1.69 bits per heavy atom. The highest BCUT2D eigenvalue weighted by molar-refractivity contribution is 6.15. The lowest BCUT2D eigenvalue weighted by Gasteiger charge is -2.40. The van der Waals surface area contributed by atoms with Crippen LogP contribution in [0.2, 0.25) is 0 Å². The van der Waals surface area contributed by atoms with Crippen molar-refractivity contribution in [3.8, 4) is 11.3 Å². The summed E-state index contributed by atoms with van der Waals surface area (Å²) in [6.07, 6.45) is 3.72. The quantitative estimate of drug-likeness (QED) is 0.208. The van der Waals surface area contributed by atoms with Crippen molar-refractivity contribution in [2.24, 2.45) is 16.9 Å². The maximum absolute atomic E-state index is 15.0. The Hall–Kier alpha value is -4.82. The topological polar surface area (TPSA) is 157 Å². The number of rotatable bonds is 15. The summed E-state index contributed by atoms with van der Waals surface area (Å²) >= 11 is 0. The summed E-state index contributed by atoms with van der Waals surface area (Å²) in [5, 5.41) is 2.54. The van der Waals surface area contributed by atoms with Crippen LogP contribution in [0.25, 0.3) is 11.3 Å². The molecule has 3 atom stereocenters. The molecule has 262 valence electrons. The number of carbonyl (C=O) groups excluding carboxylic acids is 4. The third kappa shape index (κ3) is 9.00. The van der Waals surface area contributed by atoms with Gasteiger partial charge in [0.05, 0.1) is 18.3 Å². The molecule has 4 amide bonds. The zero-order chi connectivity index (χ0) is 35.9. The number of imidazole rings is 1. The number of nitrogens with zero attached hydrogens (tertiary/aromatic N) is 4. The highest BCUT2D eigenvalue weighted by Crippen LogP contribution is 2.39. The van der Waals surface area contributed by atoms with Crippen LogP contribution < -0.4 is 16.8 Å². The molecule has 14 heteroatoms. The van der Waals surface area contributed by atoms with Crippen LogP contribution in [0.1, 0.15) is 51.0 Å². The lowest BCUT2D eigenvalue weighted by Crippen LogP contribution is -2.53. The smallest absolute Gasteiger partial charge is 0.254 e. The number of halogens is 3. The second kappa shape index (κ2) is 16.1. The van der Waals surface area contributed by atoms with E-state index in [4.69, 9.17) is 16.5 Å². The molecule has 0 saturated heterocycles. The van der Waals surface area contributed by atoms with Gasteiger partial charge in [-0.2, -0.15) is 0 Å². The molecule has 49 heavy (non-hydrogen) atoms. The van der Waals surface area contributed by atoms with Crippen LogP contribution in [0.3, 0.4) is 0 Å². The van der Waals surface area contributed by atoms with Crippen molar-refractivity contribution in [2.45, 2.75) is 58.3 Å². The number of hydrogen-bond donors (Lipinski definition) is 3. The molecule has 0 bridgehead atoms. The zero-order valence-electron chi connectivity index (χ0n) is 27.7. The predicted octanol–water partition coefficient (Wildman–Crippen LogP) is 3.24. The van der Waals surface area contributed by atoms with Crippen molar-refractivity contribution in [1.29, 1.82) is 0 Å². The summed E-state index contributed by atoms with van der Waals surface area (Å²) in [6, 6.07) is 9.43. The number of nitrogens with two attached hydrogens (primary N) is 2. The molecule has 5 N–H and O–H groups in total. The molecule has 0 spiro atoms. The van der Waals surface area contributed by atoms with Crippen molar-refractivity contribution < 1.29 is 32.3 Å². The third-order valence-electron chi connectivity index (χ3n) is 8.16. The molecular weight excluding hydrogens is 639 g/mol. The molecule has 0 fully saturated rings. The number of alkyl halides is 1. The summed E-state index contributed by atoms with van der Waals surface area (Å²) < 4.78 is 44.6. The van der Waals surface area contributed by atoms with Gasteiger partial charge in [0.25, 0.3) is 11.8 Å². The Morgan fingerprint density at radius 1 is 1.02 bits per heavy atom. The minimum atomic E-state index is -1.24. The van der Waals surface area contributed by atoms with Crippen LogP contribution in [0, 0.1) is 17.0 Å². The average Bonchev–Trinajstić information content (AvgIpc) is 3.62. The van der Waals surface area contributed by atoms with Crippen LogP contribution in [-0.2, 0) is 25.7 Å². The van der Waals surface area contributed by atoms with E-state index in [0.29, 0.717) is 5.82 Å². The summed E-state index contributed by atoms with van der Waals surface area (Å²) in [6.45, 7) is 4.42. The number of hydrogen-bond acceptors (Lipinski definition) is 7. The lowest BCUT2D eigenvalue weighted by atomic mass is 9.84. The van der Waals surface area contributed by atoms with E-state index in [2.05, 4.69) is 5.32 Å². The SMILES string of the molecule is CC(C)(C)[C@H](c1nc(-c2cc(F)ccc2F)cn1Cc1ccccc1)N(CC[C@H](N)CF)C(=O)CNC(=O)[C@@H](CCN)N1C(=O)C=CC1=O. The number of aromatic nitrogens is 2. The van der Waals surface area contributed by atoms with E-state index in [1.165, 1.54) is 4.90 Å². The van der Waals surface area contributed by atoms with Gasteiger partial charge in [-0.1, -0.05) is 51.1 Å². The van der Waals surface area contributed by atoms with Crippen molar-refractivity contribution in [3.05, 3.63) is 89.9 Å². The Bertz CT molecular complexity index is 1670. The Kier molecular flexibility index (Phi) is 12.1. The van der Waals surface area contributed by atoms with Gasteiger partial charge >= 0.3 is 0 Å². The molecule has 1 aromatic heterocycles. The van der Waals surface area contributed by atoms with Crippen LogP contribution in [-0.4, -0.2) is 81.4 Å². The molecule has 0 aliphatic carbocycles. The van der Waals surface area contributed by atoms with Crippen molar-refractivity contribution in [1.82, 2.24) is 24.7 Å². The maximum atomic E-state index is 15.0. The second-order valence-corrected chi connectivity index (χ2v) is 13.0. The first-order chi connectivity index (χ1) is 23.2. The molecule has 1 aliphatic rings. The highest BCUT2D eigenvalue weighted by atomic mass is 19.1. The van der Waals surface area contributed by atoms with Crippen molar-refractivity contribution in [3.63, 3.8) is 0 Å². The fourth-order valence-electron chi connectivity index (χ4n) is 5.79. The first-order valence-corrected chi connectivity index (χ1v) is 16.0. The van der Waals surface area contributed by atoms with E-state index in [9.17, 15) is 28.0 Å². The van der Waals surface area contributed by atoms with Gasteiger partial charge in [0.2, 0.25) is 11.8 Å². The summed E-state index contributed by atoms with van der Waals surface area (Å²) in [4.78, 5) is 59.1. The number of benzene rings is 2. The van der Waals surface area contributed by atoms with Gasteiger partial charge in [0.15, 0.2) is 0 Å². The minimum absolute atomic E-state index is 0.0131. The normalized spacial score (nSPS) is 15.0. The van der Waals surface area contributed by atoms with Crippen LogP contribution >= 0.6 is 0 Å². The lowest BCUT2D eigenvalue weighted by molar-refractivity contribution is -0.146. The number of imide groups is 1. The van der Waals surface area contributed by atoms with Gasteiger partial charge in [-0.3, -0.25) is 24.1 Å². The molecule has 0 saturated carbocycles. The molecule has 2 aromatic carbocycles. The van der Waals surface area contributed by atoms with Gasteiger partial charge in [-0.05, 0) is 48.6 Å². The molecule has 11 nitrogen and oxygen atoms in total. The Labute approximate surface area is 283 Å². The van der Waals surface area contributed by atoms with Crippen LogP contribution in [0.4, 0.5) is 13.2 Å². The first-order valence-electron chi connectivity index (χ1n) is 16.0. The molecule has 1 aliphatic heterocycles. The summed E-state index contributed by atoms with van der Waals surface area (Å²) in [5.41, 5.74) is 11.8. The summed E-state index contributed by atoms with van der Waals surface area (Å²) in [5.74, 6) is -3.69. The van der Waals surface area contributed by atoms with Crippen molar-refractivity contribution in [2.75, 3.05) is 26.3 Å². The number of amides is 4. The number of carbonyl (C=O) groups is 4. The van der Waals surface area contributed by atoms with Gasteiger partial charge in [0.1, 0.15) is 30.2 Å². The Morgan fingerprint density at radius 3 is 2.31 bits per heavy atom. The molecular formula is C35H42F3N7O4. The van der Waals surface area contributed by atoms with Gasteiger partial charge < -0.3 is 26.3 Å². The van der Waals surface area contributed by atoms with E-state index >= 15 is 4.39 Å². The van der Waals surface area contributed by atoms with E-state index in [1.807, 2.05) is 51.1 Å². The zero-order valence-corrected chi connectivity index (χ0v) is 27.7. The first kappa shape index (κ1) is 37.0. The van der Waals surface area contributed by atoms with Crippen LogP contribution in [0.5, 0.6) is 0 Å². The molecule has 2 heterocycles. The van der Waals surface area contributed by atoms with E-state index in [0.717, 1.165) is 40.8 Å². The molecule has 0 radical (unpaired) electrons. The maximum Gasteiger partial charge on any atom is 0.254 e.